The van der Waals surface area contributed by atoms with Gasteiger partial charge in [-0.15, -0.1) is 6.58 Å². The van der Waals surface area contributed by atoms with Crippen LogP contribution in [0.5, 0.6) is 0 Å². The van der Waals surface area contributed by atoms with E-state index in [1.54, 1.807) is 0 Å². The summed E-state index contributed by atoms with van der Waals surface area (Å²) in [6, 6.07) is 0. The van der Waals surface area contributed by atoms with Crippen molar-refractivity contribution in [2.45, 2.75) is 13.0 Å². The van der Waals surface area contributed by atoms with E-state index < -0.39 is 6.10 Å². The van der Waals surface area contributed by atoms with Crippen molar-refractivity contribution >= 4 is 22.6 Å². The van der Waals surface area contributed by atoms with Crippen molar-refractivity contribution < 1.29 is 5.11 Å². The summed E-state index contributed by atoms with van der Waals surface area (Å²) in [6.45, 7) is 5.30. The first-order valence-electron chi connectivity index (χ1n) is 2.30. The molecule has 46 valence electrons. The van der Waals surface area contributed by atoms with Crippen molar-refractivity contribution in [2.24, 2.45) is 0 Å². The van der Waals surface area contributed by atoms with E-state index in [0.717, 1.165) is 5.57 Å². The third kappa shape index (κ3) is 2.47. The second-order valence-electron chi connectivity index (χ2n) is 1.53. The molecule has 1 N–H and O–H groups in total. The second-order valence-corrected chi connectivity index (χ2v) is 2.16. The van der Waals surface area contributed by atoms with Crippen LogP contribution in [0.1, 0.15) is 6.92 Å². The number of halogens is 1. The maximum atomic E-state index is 8.94. The Bertz CT molecular complexity index is 107. The van der Waals surface area contributed by atoms with Crippen molar-refractivity contribution in [3.05, 3.63) is 22.3 Å². The Hall–Kier alpha value is 0.170. The topological polar surface area (TPSA) is 20.2 Å². The van der Waals surface area contributed by atoms with Gasteiger partial charge in [0.05, 0.1) is 6.10 Å². The Morgan fingerprint density at radius 2 is 2.38 bits per heavy atom. The molecule has 1 nitrogen and oxygen atoms in total. The molecule has 0 spiro atoms. The van der Waals surface area contributed by atoms with Crippen LogP contribution in [0, 0.1) is 0 Å². The van der Waals surface area contributed by atoms with E-state index in [9.17, 15) is 0 Å². The van der Waals surface area contributed by atoms with Gasteiger partial charge < -0.3 is 5.11 Å². The zero-order valence-corrected chi connectivity index (χ0v) is 6.92. The lowest BCUT2D eigenvalue weighted by Crippen LogP contribution is -2.01. The molecule has 1 atom stereocenters. The summed E-state index contributed by atoms with van der Waals surface area (Å²) in [7, 11) is 0. The minimum absolute atomic E-state index is 0.466. The molecule has 8 heavy (non-hydrogen) atoms. The molecule has 0 fully saturated rings. The zero-order valence-electron chi connectivity index (χ0n) is 4.76. The molecule has 0 aliphatic rings. The van der Waals surface area contributed by atoms with Crippen LogP contribution in [-0.2, 0) is 0 Å². The van der Waals surface area contributed by atoms with Crippen molar-refractivity contribution in [1.82, 2.24) is 0 Å². The Morgan fingerprint density at radius 1 is 1.88 bits per heavy atom. The van der Waals surface area contributed by atoms with E-state index in [4.69, 9.17) is 5.11 Å². The van der Waals surface area contributed by atoms with Gasteiger partial charge in [0, 0.05) is 0 Å². The summed E-state index contributed by atoms with van der Waals surface area (Å²) in [5.74, 6) is 0. The minimum atomic E-state index is -0.466. The van der Waals surface area contributed by atoms with Crippen LogP contribution in [0.2, 0.25) is 0 Å². The molecule has 0 heterocycles. The van der Waals surface area contributed by atoms with Crippen molar-refractivity contribution in [3.63, 3.8) is 0 Å². The molecule has 0 radical (unpaired) electrons. The van der Waals surface area contributed by atoms with E-state index in [1.807, 2.05) is 11.0 Å². The Labute approximate surface area is 63.2 Å². The lowest BCUT2D eigenvalue weighted by atomic mass is 10.2. The predicted molar refractivity (Wildman–Crippen MR) is 44.0 cm³/mol. The van der Waals surface area contributed by atoms with Gasteiger partial charge in [-0.1, -0.05) is 28.7 Å². The lowest BCUT2D eigenvalue weighted by Gasteiger charge is -2.01. The fourth-order valence-corrected chi connectivity index (χ4v) is 0.619. The smallest absolute Gasteiger partial charge is 0.0933 e. The largest absolute Gasteiger partial charge is 0.385 e. The predicted octanol–water partition coefficient (Wildman–Crippen LogP) is 1.87. The van der Waals surface area contributed by atoms with Gasteiger partial charge >= 0.3 is 0 Å². The Balaban J connectivity index is 3.81. The van der Waals surface area contributed by atoms with Gasteiger partial charge in [0.15, 0.2) is 0 Å². The van der Waals surface area contributed by atoms with Gasteiger partial charge in [0.1, 0.15) is 0 Å². The highest BCUT2D eigenvalue weighted by molar-refractivity contribution is 14.1. The van der Waals surface area contributed by atoms with Gasteiger partial charge in [-0.3, -0.25) is 0 Å². The Kier molecular flexibility index (Phi) is 4.18. The van der Waals surface area contributed by atoms with Crippen LogP contribution in [-0.4, -0.2) is 11.2 Å². The van der Waals surface area contributed by atoms with E-state index in [0.29, 0.717) is 0 Å². The second kappa shape index (κ2) is 4.09. The van der Waals surface area contributed by atoms with Gasteiger partial charge in [0.2, 0.25) is 0 Å². The molecule has 0 amide bonds. The molecule has 0 saturated carbocycles. The third-order valence-corrected chi connectivity index (χ3v) is 1.84. The Morgan fingerprint density at radius 3 is 2.50 bits per heavy atom. The number of hydrogen-bond acceptors (Lipinski definition) is 1. The maximum absolute atomic E-state index is 8.94. The van der Waals surface area contributed by atoms with Crippen LogP contribution < -0.4 is 0 Å². The molecule has 0 aromatic carbocycles. The number of aliphatic hydroxyl groups excluding tert-OH is 1. The summed E-state index contributed by atoms with van der Waals surface area (Å²) in [5, 5.41) is 8.94. The first-order chi connectivity index (χ1) is 3.72. The van der Waals surface area contributed by atoms with Gasteiger partial charge in [0.25, 0.3) is 0 Å². The molecule has 0 aromatic rings. The van der Waals surface area contributed by atoms with E-state index in [1.165, 1.54) is 6.08 Å². The maximum Gasteiger partial charge on any atom is 0.0933 e. The van der Waals surface area contributed by atoms with E-state index >= 15 is 0 Å². The highest BCUT2D eigenvalue weighted by Crippen LogP contribution is 2.03. The summed E-state index contributed by atoms with van der Waals surface area (Å²) in [5.41, 5.74) is 0.931. The SMILES string of the molecule is C=CC(O)/C(C)=C/I. The van der Waals surface area contributed by atoms with Crippen LogP contribution in [0.3, 0.4) is 0 Å². The molecular formula is C6H9IO. The van der Waals surface area contributed by atoms with Crippen LogP contribution >= 0.6 is 22.6 Å². The molecule has 0 aliphatic heterocycles. The third-order valence-electron chi connectivity index (χ3n) is 0.862. The molecule has 1 unspecified atom stereocenters. The highest BCUT2D eigenvalue weighted by atomic mass is 127. The average molecular weight is 224 g/mol. The molecule has 2 heteroatoms. The van der Waals surface area contributed by atoms with E-state index in [-0.39, 0.29) is 0 Å². The van der Waals surface area contributed by atoms with Gasteiger partial charge in [-0.2, -0.15) is 0 Å². The monoisotopic (exact) mass is 224 g/mol. The first kappa shape index (κ1) is 8.17. The normalized spacial score (nSPS) is 15.6. The van der Waals surface area contributed by atoms with Crippen molar-refractivity contribution in [1.29, 1.82) is 0 Å². The quantitative estimate of drug-likeness (QED) is 0.560. The van der Waals surface area contributed by atoms with Crippen LogP contribution in [0.25, 0.3) is 0 Å². The number of rotatable bonds is 2. The van der Waals surface area contributed by atoms with Crippen molar-refractivity contribution in [3.8, 4) is 0 Å². The lowest BCUT2D eigenvalue weighted by molar-refractivity contribution is 0.260. The van der Waals surface area contributed by atoms with Crippen LogP contribution in [0.15, 0.2) is 22.3 Å². The molecule has 0 bridgehead atoms. The van der Waals surface area contributed by atoms with Crippen LogP contribution in [0.4, 0.5) is 0 Å². The number of aliphatic hydroxyl groups is 1. The van der Waals surface area contributed by atoms with E-state index in [2.05, 4.69) is 29.2 Å². The summed E-state index contributed by atoms with van der Waals surface area (Å²) >= 11 is 2.08. The summed E-state index contributed by atoms with van der Waals surface area (Å²) in [4.78, 5) is 0. The van der Waals surface area contributed by atoms with Gasteiger partial charge in [-0.05, 0) is 16.6 Å². The molecule has 0 saturated heterocycles. The summed E-state index contributed by atoms with van der Waals surface area (Å²) in [6.07, 6.45) is 1.04. The highest BCUT2D eigenvalue weighted by Gasteiger charge is 1.96. The van der Waals surface area contributed by atoms with Gasteiger partial charge in [-0.25, -0.2) is 0 Å². The molecule has 0 aliphatic carbocycles. The molecule has 0 rings (SSSR count). The fraction of sp³-hybridized carbons (Fsp3) is 0.333. The zero-order chi connectivity index (χ0) is 6.57. The fourth-order valence-electron chi connectivity index (χ4n) is 0.250. The minimum Gasteiger partial charge on any atom is -0.385 e. The molecular weight excluding hydrogens is 215 g/mol. The molecule has 0 aromatic heterocycles. The standard InChI is InChI=1S/C6H9IO/c1-3-6(8)5(2)4-7/h3-4,6,8H,1H2,2H3/b5-4+. The van der Waals surface area contributed by atoms with Crippen molar-refractivity contribution in [2.75, 3.05) is 0 Å². The average Bonchev–Trinajstić information content (AvgIpc) is 1.84. The number of hydrogen-bond donors (Lipinski definition) is 1. The first-order valence-corrected chi connectivity index (χ1v) is 3.54. The summed E-state index contributed by atoms with van der Waals surface area (Å²) < 4.78 is 1.84.